The summed E-state index contributed by atoms with van der Waals surface area (Å²) in [5, 5.41) is 6.57. The lowest BCUT2D eigenvalue weighted by molar-refractivity contribution is -0.126. The molecule has 2 aliphatic rings. The summed E-state index contributed by atoms with van der Waals surface area (Å²) in [6.07, 6.45) is 5.78. The smallest absolute Gasteiger partial charge is 0.224 e. The lowest BCUT2D eigenvalue weighted by atomic mass is 9.85. The van der Waals surface area contributed by atoms with Gasteiger partial charge >= 0.3 is 0 Å². The highest BCUT2D eigenvalue weighted by atomic mass is 16.5. The molecular weight excluding hydrogens is 400 g/mol. The van der Waals surface area contributed by atoms with Crippen molar-refractivity contribution in [3.63, 3.8) is 0 Å². The first kappa shape index (κ1) is 22.5. The molecule has 0 radical (unpaired) electrons. The fraction of sp³-hybridized carbons (Fsp3) is 0.519. The van der Waals surface area contributed by atoms with Crippen LogP contribution in [0.2, 0.25) is 0 Å². The second kappa shape index (κ2) is 10.3. The van der Waals surface area contributed by atoms with Crippen LogP contribution < -0.4 is 20.1 Å². The van der Waals surface area contributed by atoms with Crippen LogP contribution in [-0.4, -0.2) is 32.2 Å². The van der Waals surface area contributed by atoms with E-state index in [4.69, 9.17) is 9.47 Å². The molecule has 0 spiro atoms. The van der Waals surface area contributed by atoms with E-state index in [2.05, 4.69) is 60.9 Å². The summed E-state index contributed by atoms with van der Waals surface area (Å²) in [7, 11) is 1.69. The molecule has 2 N–H and O–H groups in total. The zero-order chi connectivity index (χ0) is 22.5. The van der Waals surface area contributed by atoms with Crippen molar-refractivity contribution in [3.8, 4) is 11.5 Å². The predicted molar refractivity (Wildman–Crippen MR) is 129 cm³/mol. The molecule has 1 aliphatic carbocycles. The molecule has 1 saturated carbocycles. The second-order valence-electron chi connectivity index (χ2n) is 9.47. The molecule has 1 aliphatic heterocycles. The van der Waals surface area contributed by atoms with Gasteiger partial charge in [0, 0.05) is 24.7 Å². The molecule has 172 valence electrons. The molecule has 32 heavy (non-hydrogen) atoms. The average molecular weight is 437 g/mol. The summed E-state index contributed by atoms with van der Waals surface area (Å²) in [6, 6.07) is 14.7. The minimum Gasteiger partial charge on any atom is -0.493 e. The van der Waals surface area contributed by atoms with Crippen LogP contribution in [0.15, 0.2) is 42.5 Å². The van der Waals surface area contributed by atoms with Crippen LogP contribution in [0, 0.1) is 5.92 Å². The number of nitrogens with one attached hydrogen (secondary N) is 2. The van der Waals surface area contributed by atoms with E-state index in [0.717, 1.165) is 36.4 Å². The van der Waals surface area contributed by atoms with Crippen molar-refractivity contribution in [1.29, 1.82) is 0 Å². The van der Waals surface area contributed by atoms with Crippen molar-refractivity contribution in [1.82, 2.24) is 5.32 Å². The Morgan fingerprint density at radius 1 is 1.06 bits per heavy atom. The number of carbonyl (C=O) groups excluding carboxylic acids is 1. The number of carbonyl (C=O) groups is 1. The number of rotatable bonds is 8. The Kier molecular flexibility index (Phi) is 7.23. The molecule has 1 saturated heterocycles. The molecular formula is C27H36N2O3. The third-order valence-electron chi connectivity index (χ3n) is 6.85. The van der Waals surface area contributed by atoms with E-state index >= 15 is 0 Å². The second-order valence-corrected chi connectivity index (χ2v) is 9.47. The highest BCUT2D eigenvalue weighted by Crippen LogP contribution is 2.36. The third kappa shape index (κ3) is 5.37. The van der Waals surface area contributed by atoms with Gasteiger partial charge in [0.05, 0.1) is 19.1 Å². The summed E-state index contributed by atoms with van der Waals surface area (Å²) in [5.41, 5.74) is 3.58. The molecule has 0 aromatic heterocycles. The molecule has 0 bridgehead atoms. The van der Waals surface area contributed by atoms with Gasteiger partial charge in [-0.1, -0.05) is 32.0 Å². The highest BCUT2D eigenvalue weighted by Gasteiger charge is 2.30. The first-order chi connectivity index (χ1) is 15.5. The number of ether oxygens (including phenoxy) is 2. The number of methoxy groups -OCH3 is 1. The van der Waals surface area contributed by atoms with Gasteiger partial charge in [-0.3, -0.25) is 4.79 Å². The maximum Gasteiger partial charge on any atom is 0.224 e. The van der Waals surface area contributed by atoms with E-state index in [1.54, 1.807) is 7.11 Å². The lowest BCUT2D eigenvalue weighted by Gasteiger charge is -2.30. The fourth-order valence-electron chi connectivity index (χ4n) is 4.78. The van der Waals surface area contributed by atoms with Crippen molar-refractivity contribution in [2.24, 2.45) is 5.92 Å². The highest BCUT2D eigenvalue weighted by molar-refractivity contribution is 5.80. The van der Waals surface area contributed by atoms with Crippen LogP contribution in [-0.2, 0) is 4.79 Å². The summed E-state index contributed by atoms with van der Waals surface area (Å²) < 4.78 is 11.8. The number of hydrogen-bond donors (Lipinski definition) is 2. The van der Waals surface area contributed by atoms with Crippen LogP contribution in [0.1, 0.15) is 68.9 Å². The van der Waals surface area contributed by atoms with Gasteiger partial charge < -0.3 is 20.1 Å². The van der Waals surface area contributed by atoms with Gasteiger partial charge in [0.25, 0.3) is 0 Å². The number of amides is 1. The van der Waals surface area contributed by atoms with Crippen LogP contribution in [0.25, 0.3) is 0 Å². The lowest BCUT2D eigenvalue weighted by Crippen LogP contribution is -2.43. The largest absolute Gasteiger partial charge is 0.493 e. The minimum atomic E-state index is -0.0696. The zero-order valence-corrected chi connectivity index (χ0v) is 19.5. The van der Waals surface area contributed by atoms with Gasteiger partial charge in [0.1, 0.15) is 0 Å². The Hall–Kier alpha value is -2.69. The molecule has 2 fully saturated rings. The Morgan fingerprint density at radius 3 is 2.50 bits per heavy atom. The number of piperidine rings is 1. The molecule has 1 amide bonds. The van der Waals surface area contributed by atoms with Gasteiger partial charge in [-0.2, -0.15) is 0 Å². The SMILES string of the molecule is COc1ccc([C@H]2CNC(=O)[C@H](CNc3ccc(C(C)C)cc3)C2)cc1OC1CCCC1. The predicted octanol–water partition coefficient (Wildman–Crippen LogP) is 5.47. The quantitative estimate of drug-likeness (QED) is 0.576. The molecule has 1 heterocycles. The Morgan fingerprint density at radius 2 is 1.81 bits per heavy atom. The van der Waals surface area contributed by atoms with Crippen molar-refractivity contribution in [2.75, 3.05) is 25.5 Å². The van der Waals surface area contributed by atoms with Crippen molar-refractivity contribution < 1.29 is 14.3 Å². The van der Waals surface area contributed by atoms with Crippen LogP contribution >= 0.6 is 0 Å². The zero-order valence-electron chi connectivity index (χ0n) is 19.5. The molecule has 4 rings (SSSR count). The summed E-state index contributed by atoms with van der Waals surface area (Å²) >= 11 is 0. The van der Waals surface area contributed by atoms with E-state index in [-0.39, 0.29) is 23.8 Å². The topological polar surface area (TPSA) is 59.6 Å². The van der Waals surface area contributed by atoms with Crippen molar-refractivity contribution >= 4 is 11.6 Å². The van der Waals surface area contributed by atoms with E-state index in [9.17, 15) is 4.79 Å². The number of benzene rings is 2. The van der Waals surface area contributed by atoms with Gasteiger partial charge in [-0.15, -0.1) is 0 Å². The number of hydrogen-bond acceptors (Lipinski definition) is 4. The maximum absolute atomic E-state index is 12.5. The normalized spacial score (nSPS) is 21.4. The van der Waals surface area contributed by atoms with E-state index in [1.165, 1.54) is 24.0 Å². The average Bonchev–Trinajstić information content (AvgIpc) is 3.32. The number of anilines is 1. The van der Waals surface area contributed by atoms with Crippen molar-refractivity contribution in [2.45, 2.75) is 63.9 Å². The molecule has 5 heteroatoms. The summed E-state index contributed by atoms with van der Waals surface area (Å²) in [4.78, 5) is 12.5. The summed E-state index contributed by atoms with van der Waals surface area (Å²) in [6.45, 7) is 5.68. The van der Waals surface area contributed by atoms with Gasteiger partial charge in [0.2, 0.25) is 5.91 Å². The van der Waals surface area contributed by atoms with Crippen molar-refractivity contribution in [3.05, 3.63) is 53.6 Å². The molecule has 2 atom stereocenters. The molecule has 2 aromatic rings. The van der Waals surface area contributed by atoms with Crippen LogP contribution in [0.5, 0.6) is 11.5 Å². The Balaban J connectivity index is 1.41. The fourth-order valence-corrected chi connectivity index (χ4v) is 4.78. The van der Waals surface area contributed by atoms with E-state index in [1.807, 2.05) is 6.07 Å². The standard InChI is InChI=1S/C27H36N2O3/c1-18(2)19-8-11-23(12-9-19)28-17-22-14-21(16-29-27(22)30)20-10-13-25(31-3)26(15-20)32-24-6-4-5-7-24/h8-13,15,18,21-22,24,28H,4-7,14,16-17H2,1-3H3,(H,29,30)/t21-,22+/m1/s1. The van der Waals surface area contributed by atoms with E-state index in [0.29, 0.717) is 19.0 Å². The van der Waals surface area contributed by atoms with Gasteiger partial charge in [0.15, 0.2) is 11.5 Å². The molecule has 0 unspecified atom stereocenters. The Bertz CT molecular complexity index is 904. The first-order valence-corrected chi connectivity index (χ1v) is 12.0. The maximum atomic E-state index is 12.5. The first-order valence-electron chi connectivity index (χ1n) is 12.0. The minimum absolute atomic E-state index is 0.0696. The third-order valence-corrected chi connectivity index (χ3v) is 6.85. The van der Waals surface area contributed by atoms with Crippen LogP contribution in [0.3, 0.4) is 0 Å². The molecule has 5 nitrogen and oxygen atoms in total. The summed E-state index contributed by atoms with van der Waals surface area (Å²) in [5.74, 6) is 2.45. The molecule has 2 aromatic carbocycles. The Labute approximate surface area is 191 Å². The van der Waals surface area contributed by atoms with Gasteiger partial charge in [-0.05, 0) is 73.4 Å². The van der Waals surface area contributed by atoms with Gasteiger partial charge in [-0.25, -0.2) is 0 Å². The van der Waals surface area contributed by atoms with Crippen LogP contribution in [0.4, 0.5) is 5.69 Å². The monoisotopic (exact) mass is 436 g/mol. The van der Waals surface area contributed by atoms with E-state index < -0.39 is 0 Å².